The molecule has 0 fully saturated rings. The fourth-order valence-electron chi connectivity index (χ4n) is 1.67. The van der Waals surface area contributed by atoms with Crippen LogP contribution in [0, 0.1) is 0 Å². The van der Waals surface area contributed by atoms with Crippen LogP contribution in [-0.4, -0.2) is 6.54 Å². The van der Waals surface area contributed by atoms with Crippen molar-refractivity contribution in [1.29, 1.82) is 0 Å². The first kappa shape index (κ1) is 6.92. The number of furan rings is 1. The van der Waals surface area contributed by atoms with Crippen molar-refractivity contribution in [2.45, 2.75) is 25.8 Å². The third kappa shape index (κ3) is 0.979. The Labute approximate surface area is 66.6 Å². The van der Waals surface area contributed by atoms with E-state index in [0.717, 1.165) is 18.7 Å². The van der Waals surface area contributed by atoms with Crippen molar-refractivity contribution in [3.63, 3.8) is 0 Å². The topological polar surface area (TPSA) is 25.2 Å². The minimum absolute atomic E-state index is 0.0978. The highest BCUT2D eigenvalue weighted by molar-refractivity contribution is 5.27. The van der Waals surface area contributed by atoms with Crippen LogP contribution in [0.15, 0.2) is 16.7 Å². The highest BCUT2D eigenvalue weighted by Gasteiger charge is 2.28. The van der Waals surface area contributed by atoms with E-state index in [1.165, 1.54) is 5.56 Å². The molecule has 0 saturated heterocycles. The van der Waals surface area contributed by atoms with Gasteiger partial charge in [-0.3, -0.25) is 0 Å². The van der Waals surface area contributed by atoms with Gasteiger partial charge in [-0.15, -0.1) is 0 Å². The Morgan fingerprint density at radius 1 is 1.55 bits per heavy atom. The lowest BCUT2D eigenvalue weighted by molar-refractivity contribution is 0.353. The summed E-state index contributed by atoms with van der Waals surface area (Å²) in [6.45, 7) is 5.38. The van der Waals surface area contributed by atoms with Gasteiger partial charge in [0.2, 0.25) is 0 Å². The van der Waals surface area contributed by atoms with Gasteiger partial charge in [0.15, 0.2) is 0 Å². The molecule has 0 atom stereocenters. The van der Waals surface area contributed by atoms with Crippen LogP contribution >= 0.6 is 0 Å². The molecule has 1 N–H and O–H groups in total. The normalized spacial score (nSPS) is 21.3. The molecule has 0 amide bonds. The van der Waals surface area contributed by atoms with Crippen molar-refractivity contribution in [2.75, 3.05) is 6.54 Å². The van der Waals surface area contributed by atoms with Crippen LogP contribution < -0.4 is 5.32 Å². The largest absolute Gasteiger partial charge is 0.469 e. The predicted molar refractivity (Wildman–Crippen MR) is 43.4 cm³/mol. The lowest BCUT2D eigenvalue weighted by Gasteiger charge is -2.30. The molecule has 1 aliphatic heterocycles. The van der Waals surface area contributed by atoms with E-state index in [2.05, 4.69) is 25.2 Å². The molecule has 0 spiro atoms. The summed E-state index contributed by atoms with van der Waals surface area (Å²) in [7, 11) is 0. The van der Waals surface area contributed by atoms with Gasteiger partial charge in [0, 0.05) is 24.1 Å². The zero-order valence-corrected chi connectivity index (χ0v) is 6.98. The van der Waals surface area contributed by atoms with Crippen LogP contribution in [0.1, 0.15) is 25.2 Å². The highest BCUT2D eigenvalue weighted by Crippen LogP contribution is 2.28. The first-order valence-electron chi connectivity index (χ1n) is 4.02. The fraction of sp³-hybridized carbons (Fsp3) is 0.556. The number of nitrogens with one attached hydrogen (secondary N) is 1. The Morgan fingerprint density at radius 3 is 3.09 bits per heavy atom. The Hall–Kier alpha value is -0.760. The third-order valence-electron chi connectivity index (χ3n) is 2.34. The van der Waals surface area contributed by atoms with Crippen molar-refractivity contribution in [3.8, 4) is 0 Å². The van der Waals surface area contributed by atoms with Crippen molar-refractivity contribution in [3.05, 3.63) is 23.7 Å². The summed E-state index contributed by atoms with van der Waals surface area (Å²) in [6.07, 6.45) is 2.80. The van der Waals surface area contributed by atoms with Gasteiger partial charge in [-0.05, 0) is 19.9 Å². The summed E-state index contributed by atoms with van der Waals surface area (Å²) in [6, 6.07) is 2.06. The lowest BCUT2D eigenvalue weighted by atomic mass is 9.90. The smallest absolute Gasteiger partial charge is 0.110 e. The zero-order chi connectivity index (χ0) is 7.90. The van der Waals surface area contributed by atoms with E-state index in [1.807, 2.05) is 0 Å². The maximum absolute atomic E-state index is 5.35. The second kappa shape index (κ2) is 2.11. The third-order valence-corrected chi connectivity index (χ3v) is 2.34. The fourth-order valence-corrected chi connectivity index (χ4v) is 1.67. The summed E-state index contributed by atoms with van der Waals surface area (Å²) >= 11 is 0. The maximum Gasteiger partial charge on any atom is 0.110 e. The van der Waals surface area contributed by atoms with Gasteiger partial charge in [-0.25, -0.2) is 0 Å². The summed E-state index contributed by atoms with van der Waals surface area (Å²) in [5.74, 6) is 1.15. The molecule has 1 aromatic heterocycles. The first-order chi connectivity index (χ1) is 5.20. The molecule has 1 aromatic rings. The quantitative estimate of drug-likeness (QED) is 0.610. The van der Waals surface area contributed by atoms with Crippen molar-refractivity contribution in [1.82, 2.24) is 5.32 Å². The molecule has 2 rings (SSSR count). The lowest BCUT2D eigenvalue weighted by Crippen LogP contribution is -2.41. The monoisotopic (exact) mass is 151 g/mol. The van der Waals surface area contributed by atoms with Crippen molar-refractivity contribution < 1.29 is 4.42 Å². The molecule has 0 bridgehead atoms. The second-order valence-electron chi connectivity index (χ2n) is 3.56. The molecular formula is C9H13NO. The van der Waals surface area contributed by atoms with Crippen LogP contribution in [0.2, 0.25) is 0 Å². The van der Waals surface area contributed by atoms with E-state index in [0.29, 0.717) is 0 Å². The Balaban J connectivity index is 2.48. The molecule has 2 heterocycles. The van der Waals surface area contributed by atoms with E-state index in [-0.39, 0.29) is 5.54 Å². The molecule has 11 heavy (non-hydrogen) atoms. The predicted octanol–water partition coefficient (Wildman–Crippen LogP) is 1.66. The van der Waals surface area contributed by atoms with Crippen molar-refractivity contribution in [2.24, 2.45) is 0 Å². The van der Waals surface area contributed by atoms with Gasteiger partial charge < -0.3 is 9.73 Å². The van der Waals surface area contributed by atoms with E-state index < -0.39 is 0 Å². The molecule has 0 unspecified atom stereocenters. The van der Waals surface area contributed by atoms with E-state index in [9.17, 15) is 0 Å². The van der Waals surface area contributed by atoms with Gasteiger partial charge in [-0.1, -0.05) is 0 Å². The summed E-state index contributed by atoms with van der Waals surface area (Å²) in [4.78, 5) is 0. The van der Waals surface area contributed by atoms with E-state index in [4.69, 9.17) is 4.42 Å². The van der Waals surface area contributed by atoms with E-state index >= 15 is 0 Å². The number of fused-ring (bicyclic) bond motifs is 1. The summed E-state index contributed by atoms with van der Waals surface area (Å²) in [5.41, 5.74) is 1.41. The summed E-state index contributed by atoms with van der Waals surface area (Å²) in [5, 5.41) is 3.44. The number of hydrogen-bond donors (Lipinski definition) is 1. The number of hydrogen-bond acceptors (Lipinski definition) is 2. The molecule has 0 radical (unpaired) electrons. The van der Waals surface area contributed by atoms with Gasteiger partial charge >= 0.3 is 0 Å². The van der Waals surface area contributed by atoms with Crippen LogP contribution in [0.5, 0.6) is 0 Å². The minimum atomic E-state index is 0.0978. The first-order valence-corrected chi connectivity index (χ1v) is 4.02. The highest BCUT2D eigenvalue weighted by atomic mass is 16.3. The molecule has 0 aromatic carbocycles. The Bertz CT molecular complexity index is 262. The van der Waals surface area contributed by atoms with E-state index in [1.54, 1.807) is 6.26 Å². The van der Waals surface area contributed by atoms with Crippen LogP contribution in [0.4, 0.5) is 0 Å². The average molecular weight is 151 g/mol. The molecule has 0 aliphatic carbocycles. The minimum Gasteiger partial charge on any atom is -0.469 e. The Morgan fingerprint density at radius 2 is 2.36 bits per heavy atom. The molecule has 1 aliphatic rings. The standard InChI is InChI=1S/C9H13NO/c1-9(2)7-4-6-11-8(7)3-5-10-9/h4,6,10H,3,5H2,1-2H3. The SMILES string of the molecule is CC1(C)NCCc2occc21. The molecule has 0 saturated carbocycles. The average Bonchev–Trinajstić information content (AvgIpc) is 2.34. The van der Waals surface area contributed by atoms with Crippen molar-refractivity contribution >= 4 is 0 Å². The molecule has 2 nitrogen and oxygen atoms in total. The van der Waals surface area contributed by atoms with Gasteiger partial charge in [0.25, 0.3) is 0 Å². The molecule has 2 heteroatoms. The molecule has 60 valence electrons. The maximum atomic E-state index is 5.35. The van der Waals surface area contributed by atoms with Gasteiger partial charge in [-0.2, -0.15) is 0 Å². The second-order valence-corrected chi connectivity index (χ2v) is 3.56. The zero-order valence-electron chi connectivity index (χ0n) is 6.98. The van der Waals surface area contributed by atoms with Gasteiger partial charge in [0.1, 0.15) is 5.76 Å². The van der Waals surface area contributed by atoms with Crippen LogP contribution in [0.3, 0.4) is 0 Å². The Kier molecular flexibility index (Phi) is 1.33. The number of rotatable bonds is 0. The van der Waals surface area contributed by atoms with Gasteiger partial charge in [0.05, 0.1) is 6.26 Å². The van der Waals surface area contributed by atoms with Crippen LogP contribution in [0.25, 0.3) is 0 Å². The molecular weight excluding hydrogens is 138 g/mol. The van der Waals surface area contributed by atoms with Crippen LogP contribution in [-0.2, 0) is 12.0 Å². The summed E-state index contributed by atoms with van der Waals surface area (Å²) < 4.78 is 5.35.